The fraction of sp³-hybridized carbons (Fsp3) is 0.176. The van der Waals surface area contributed by atoms with Gasteiger partial charge in [0.1, 0.15) is 6.54 Å². The molecule has 2 aromatic rings. The second-order valence-corrected chi connectivity index (χ2v) is 6.23. The number of rotatable bonds is 4. The Morgan fingerprint density at radius 3 is 2.62 bits per heavy atom. The molecule has 1 aliphatic rings. The van der Waals surface area contributed by atoms with Crippen molar-refractivity contribution in [1.82, 2.24) is 5.01 Å². The van der Waals surface area contributed by atoms with Gasteiger partial charge in [-0.05, 0) is 28.8 Å². The number of carbonyl (C=O) groups excluding carboxylic acids is 1. The van der Waals surface area contributed by atoms with Crippen LogP contribution in [0.15, 0.2) is 69.3 Å². The third kappa shape index (κ3) is 3.48. The van der Waals surface area contributed by atoms with Crippen LogP contribution in [0.3, 0.4) is 0 Å². The van der Waals surface area contributed by atoms with Crippen molar-refractivity contribution >= 4 is 27.5 Å². The van der Waals surface area contributed by atoms with Crippen LogP contribution in [0.5, 0.6) is 0 Å². The Labute approximate surface area is 147 Å². The van der Waals surface area contributed by atoms with Gasteiger partial charge in [-0.25, -0.2) is 5.01 Å². The summed E-state index contributed by atoms with van der Waals surface area (Å²) in [6.45, 7) is -0.239. The van der Waals surface area contributed by atoms with E-state index >= 15 is 0 Å². The summed E-state index contributed by atoms with van der Waals surface area (Å²) in [4.78, 5) is 15.0. The third-order valence-corrected chi connectivity index (χ3v) is 4.33. The zero-order valence-corrected chi connectivity index (χ0v) is 14.3. The lowest BCUT2D eigenvalue weighted by atomic mass is 9.98. The molecule has 1 heterocycles. The van der Waals surface area contributed by atoms with E-state index in [1.165, 1.54) is 5.01 Å². The fourth-order valence-electron chi connectivity index (χ4n) is 2.66. The molecule has 7 heteroatoms. The molecule has 0 N–H and O–H groups in total. The Kier molecular flexibility index (Phi) is 4.93. The van der Waals surface area contributed by atoms with Crippen LogP contribution in [0, 0.1) is 0 Å². The first kappa shape index (κ1) is 16.2. The monoisotopic (exact) mass is 383 g/mol. The highest BCUT2D eigenvalue weighted by Gasteiger charge is 2.32. The quantitative estimate of drug-likeness (QED) is 0.436. The molecular weight excluding hydrogens is 370 g/mol. The van der Waals surface area contributed by atoms with Gasteiger partial charge in [0.25, 0.3) is 0 Å². The smallest absolute Gasteiger partial charge is 0.249 e. The van der Waals surface area contributed by atoms with Crippen LogP contribution in [0.1, 0.15) is 23.6 Å². The van der Waals surface area contributed by atoms with Gasteiger partial charge in [0.15, 0.2) is 0 Å². The first-order chi connectivity index (χ1) is 11.7. The zero-order valence-electron chi connectivity index (χ0n) is 12.7. The lowest BCUT2D eigenvalue weighted by molar-refractivity contribution is -0.131. The van der Waals surface area contributed by atoms with E-state index in [-0.39, 0.29) is 18.5 Å². The van der Waals surface area contributed by atoms with Gasteiger partial charge in [0.2, 0.25) is 5.91 Å². The highest BCUT2D eigenvalue weighted by molar-refractivity contribution is 9.10. The summed E-state index contributed by atoms with van der Waals surface area (Å²) in [5.41, 5.74) is 11.3. The second kappa shape index (κ2) is 7.29. The molecule has 0 unspecified atom stereocenters. The van der Waals surface area contributed by atoms with E-state index in [2.05, 4.69) is 31.1 Å². The average molecular weight is 384 g/mol. The molecule has 1 aliphatic heterocycles. The van der Waals surface area contributed by atoms with Gasteiger partial charge >= 0.3 is 0 Å². The van der Waals surface area contributed by atoms with Gasteiger partial charge < -0.3 is 0 Å². The van der Waals surface area contributed by atoms with E-state index in [0.717, 1.165) is 21.3 Å². The number of benzene rings is 2. The summed E-state index contributed by atoms with van der Waals surface area (Å²) in [5, 5.41) is 9.30. The second-order valence-electron chi connectivity index (χ2n) is 5.31. The van der Waals surface area contributed by atoms with Crippen molar-refractivity contribution in [2.24, 2.45) is 10.2 Å². The maximum atomic E-state index is 12.4. The van der Waals surface area contributed by atoms with Crippen LogP contribution < -0.4 is 0 Å². The van der Waals surface area contributed by atoms with Crippen LogP contribution in [0.2, 0.25) is 0 Å². The maximum Gasteiger partial charge on any atom is 0.249 e. The molecule has 0 fully saturated rings. The van der Waals surface area contributed by atoms with E-state index < -0.39 is 0 Å². The Bertz CT molecular complexity index is 813. The van der Waals surface area contributed by atoms with Crippen molar-refractivity contribution < 1.29 is 4.79 Å². The number of hydrogen-bond acceptors (Lipinski definition) is 3. The average Bonchev–Trinajstić information content (AvgIpc) is 3.06. The first-order valence-corrected chi connectivity index (χ1v) is 8.19. The van der Waals surface area contributed by atoms with Crippen molar-refractivity contribution in [1.29, 1.82) is 0 Å². The summed E-state index contributed by atoms with van der Waals surface area (Å²) in [6.07, 6.45) is 0.619. The number of hydrazone groups is 1. The van der Waals surface area contributed by atoms with Gasteiger partial charge in [0.05, 0.1) is 11.8 Å². The minimum atomic E-state index is -0.311. The van der Waals surface area contributed by atoms with Crippen molar-refractivity contribution in [2.75, 3.05) is 6.54 Å². The normalized spacial score (nSPS) is 16.5. The van der Waals surface area contributed by atoms with E-state index in [9.17, 15) is 4.79 Å². The van der Waals surface area contributed by atoms with Crippen molar-refractivity contribution in [2.45, 2.75) is 12.5 Å². The predicted molar refractivity (Wildman–Crippen MR) is 95.3 cm³/mol. The SMILES string of the molecule is [N-]=[N+]=NCC(=O)N1N=C(c2ccc(Br)cc2)C[C@@H]1c1ccccc1. The molecule has 1 amide bonds. The van der Waals surface area contributed by atoms with Gasteiger partial charge in [-0.2, -0.15) is 5.10 Å². The number of halogens is 1. The van der Waals surface area contributed by atoms with E-state index in [1.54, 1.807) is 0 Å². The largest absolute Gasteiger partial charge is 0.273 e. The number of carbonyl (C=O) groups is 1. The Hall–Kier alpha value is -2.63. The first-order valence-electron chi connectivity index (χ1n) is 7.40. The van der Waals surface area contributed by atoms with Gasteiger partial charge in [-0.15, -0.1) is 0 Å². The molecule has 2 aromatic carbocycles. The van der Waals surface area contributed by atoms with Gasteiger partial charge in [-0.3, -0.25) is 4.79 Å². The summed E-state index contributed by atoms with van der Waals surface area (Å²) >= 11 is 3.42. The van der Waals surface area contributed by atoms with Crippen molar-refractivity contribution in [3.05, 3.63) is 80.6 Å². The molecule has 3 rings (SSSR count). The molecule has 0 radical (unpaired) electrons. The summed E-state index contributed by atoms with van der Waals surface area (Å²) in [6, 6.07) is 17.4. The third-order valence-electron chi connectivity index (χ3n) is 3.80. The number of amides is 1. The Morgan fingerprint density at radius 1 is 1.25 bits per heavy atom. The molecule has 1 atom stereocenters. The number of hydrogen-bond donors (Lipinski definition) is 0. The van der Waals surface area contributed by atoms with Crippen LogP contribution in [-0.2, 0) is 4.79 Å². The number of azide groups is 1. The molecule has 0 saturated carbocycles. The van der Waals surface area contributed by atoms with E-state index in [4.69, 9.17) is 5.53 Å². The predicted octanol–water partition coefficient (Wildman–Crippen LogP) is 4.44. The summed E-state index contributed by atoms with van der Waals surface area (Å²) in [5.74, 6) is -0.311. The fourth-order valence-corrected chi connectivity index (χ4v) is 2.92. The molecule has 0 bridgehead atoms. The minimum Gasteiger partial charge on any atom is -0.273 e. The van der Waals surface area contributed by atoms with Gasteiger partial charge in [0, 0.05) is 15.8 Å². The molecule has 6 nitrogen and oxygen atoms in total. The molecule has 0 saturated heterocycles. The van der Waals surface area contributed by atoms with Gasteiger partial charge in [-0.1, -0.05) is 63.5 Å². The van der Waals surface area contributed by atoms with Crippen molar-refractivity contribution in [3.8, 4) is 0 Å². The maximum absolute atomic E-state index is 12.4. The highest BCUT2D eigenvalue weighted by Crippen LogP contribution is 2.32. The summed E-state index contributed by atoms with van der Waals surface area (Å²) < 4.78 is 0.987. The molecule has 120 valence electrons. The highest BCUT2D eigenvalue weighted by atomic mass is 79.9. The molecular formula is C17H14BrN5O. The van der Waals surface area contributed by atoms with E-state index in [1.807, 2.05) is 54.6 Å². The Morgan fingerprint density at radius 2 is 1.96 bits per heavy atom. The lowest BCUT2D eigenvalue weighted by Gasteiger charge is -2.21. The topological polar surface area (TPSA) is 81.4 Å². The standard InChI is InChI=1S/C17H14BrN5O/c18-14-8-6-12(7-9-14)15-10-16(13-4-2-1-3-5-13)23(21-15)17(24)11-20-22-19/h1-9,16H,10-11H2/t16-/m1/s1. The van der Waals surface area contributed by atoms with Crippen LogP contribution in [0.25, 0.3) is 10.4 Å². The van der Waals surface area contributed by atoms with Crippen LogP contribution in [0.4, 0.5) is 0 Å². The number of nitrogens with zero attached hydrogens (tertiary/aromatic N) is 5. The molecule has 0 spiro atoms. The Balaban J connectivity index is 1.93. The molecule has 24 heavy (non-hydrogen) atoms. The van der Waals surface area contributed by atoms with Crippen LogP contribution in [-0.4, -0.2) is 23.2 Å². The lowest BCUT2D eigenvalue weighted by Crippen LogP contribution is -2.28. The van der Waals surface area contributed by atoms with Crippen molar-refractivity contribution in [3.63, 3.8) is 0 Å². The molecule has 0 aliphatic carbocycles. The minimum absolute atomic E-state index is 0.189. The van der Waals surface area contributed by atoms with Crippen LogP contribution >= 0.6 is 15.9 Å². The molecule has 0 aromatic heterocycles. The summed E-state index contributed by atoms with van der Waals surface area (Å²) in [7, 11) is 0. The van der Waals surface area contributed by atoms with E-state index in [0.29, 0.717) is 6.42 Å². The zero-order chi connectivity index (χ0) is 16.9.